The third-order valence-corrected chi connectivity index (χ3v) is 3.33. The van der Waals surface area contributed by atoms with E-state index in [-0.39, 0.29) is 11.5 Å². The number of rotatable bonds is 3. The summed E-state index contributed by atoms with van der Waals surface area (Å²) in [5.41, 5.74) is 6.18. The maximum atomic E-state index is 6.04. The zero-order valence-electron chi connectivity index (χ0n) is 9.19. The lowest BCUT2D eigenvalue weighted by Gasteiger charge is -2.26. The summed E-state index contributed by atoms with van der Waals surface area (Å²) in [5.74, 6) is 0.871. The predicted molar refractivity (Wildman–Crippen MR) is 59.2 cm³/mol. The Hall–Kier alpha value is -0.550. The number of hydrogen-bond donors (Lipinski definition) is 1. The van der Waals surface area contributed by atoms with Gasteiger partial charge >= 0.3 is 0 Å². The number of nitrogens with two attached hydrogens (primary N) is 1. The Balaban J connectivity index is 2.46. The van der Waals surface area contributed by atoms with Crippen molar-refractivity contribution in [1.29, 1.82) is 0 Å². The second kappa shape index (κ2) is 4.31. The summed E-state index contributed by atoms with van der Waals surface area (Å²) in [6.45, 7) is 6.44. The Morgan fingerprint density at radius 3 is 2.64 bits per heavy atom. The van der Waals surface area contributed by atoms with Crippen molar-refractivity contribution in [2.75, 3.05) is 5.75 Å². The number of aryl methyl sites for hydroxylation is 1. The summed E-state index contributed by atoms with van der Waals surface area (Å²) in [5, 5.41) is 4.92. The van der Waals surface area contributed by atoms with Crippen molar-refractivity contribution in [1.82, 2.24) is 14.8 Å². The van der Waals surface area contributed by atoms with Crippen molar-refractivity contribution in [3.8, 4) is 0 Å². The number of nitrogens with zero attached hydrogens (tertiary/aromatic N) is 3. The fourth-order valence-electron chi connectivity index (χ4n) is 0.831. The first kappa shape index (κ1) is 11.5. The Kier molecular flexibility index (Phi) is 3.55. The highest BCUT2D eigenvalue weighted by atomic mass is 32.2. The smallest absolute Gasteiger partial charge is 0.185 e. The van der Waals surface area contributed by atoms with E-state index in [1.807, 2.05) is 7.05 Å². The molecule has 1 unspecified atom stereocenters. The molecule has 0 saturated heterocycles. The van der Waals surface area contributed by atoms with Crippen molar-refractivity contribution >= 4 is 11.8 Å². The van der Waals surface area contributed by atoms with Crippen LogP contribution in [-0.4, -0.2) is 26.6 Å². The third kappa shape index (κ3) is 2.99. The Morgan fingerprint density at radius 2 is 2.21 bits per heavy atom. The SMILES string of the molecule is Cn1ncnc1SCC(N)C(C)(C)C. The molecule has 0 saturated carbocycles. The molecule has 2 N–H and O–H groups in total. The molecule has 5 heteroatoms. The van der Waals surface area contributed by atoms with Crippen LogP contribution >= 0.6 is 11.8 Å². The van der Waals surface area contributed by atoms with Crippen molar-refractivity contribution in [3.05, 3.63) is 6.33 Å². The van der Waals surface area contributed by atoms with Crippen LogP contribution in [0.5, 0.6) is 0 Å². The lowest BCUT2D eigenvalue weighted by atomic mass is 9.89. The monoisotopic (exact) mass is 214 g/mol. The average molecular weight is 214 g/mol. The second-order valence-corrected chi connectivity index (χ2v) is 5.44. The van der Waals surface area contributed by atoms with Gasteiger partial charge in [0.1, 0.15) is 6.33 Å². The van der Waals surface area contributed by atoms with Gasteiger partial charge < -0.3 is 5.73 Å². The largest absolute Gasteiger partial charge is 0.326 e. The van der Waals surface area contributed by atoms with Gasteiger partial charge in [-0.05, 0) is 5.41 Å². The Labute approximate surface area is 89.3 Å². The van der Waals surface area contributed by atoms with Gasteiger partial charge in [-0.15, -0.1) is 0 Å². The van der Waals surface area contributed by atoms with E-state index in [4.69, 9.17) is 5.73 Å². The zero-order valence-corrected chi connectivity index (χ0v) is 10.0. The van der Waals surface area contributed by atoms with Crippen LogP contribution in [0.4, 0.5) is 0 Å². The minimum absolute atomic E-state index is 0.144. The number of thioether (sulfide) groups is 1. The summed E-state index contributed by atoms with van der Waals surface area (Å²) < 4.78 is 1.76. The number of hydrogen-bond acceptors (Lipinski definition) is 4. The molecule has 0 fully saturated rings. The standard InChI is InChI=1S/C9H18N4S/c1-9(2,3)7(10)5-14-8-11-6-12-13(8)4/h6-7H,5,10H2,1-4H3. The van der Waals surface area contributed by atoms with Crippen LogP contribution in [0.25, 0.3) is 0 Å². The van der Waals surface area contributed by atoms with Crippen molar-refractivity contribution < 1.29 is 0 Å². The molecule has 1 aromatic heterocycles. The minimum atomic E-state index is 0.144. The molecule has 80 valence electrons. The summed E-state index contributed by atoms with van der Waals surface area (Å²) >= 11 is 1.65. The zero-order chi connectivity index (χ0) is 10.8. The van der Waals surface area contributed by atoms with E-state index in [1.165, 1.54) is 0 Å². The van der Waals surface area contributed by atoms with Gasteiger partial charge in [-0.2, -0.15) is 5.10 Å². The molecule has 0 aliphatic rings. The van der Waals surface area contributed by atoms with Gasteiger partial charge in [-0.3, -0.25) is 0 Å². The summed E-state index contributed by atoms with van der Waals surface area (Å²) in [4.78, 5) is 4.13. The van der Waals surface area contributed by atoms with Gasteiger partial charge in [-0.1, -0.05) is 32.5 Å². The van der Waals surface area contributed by atoms with E-state index in [0.29, 0.717) is 0 Å². The second-order valence-electron chi connectivity index (χ2n) is 4.45. The first-order valence-corrected chi connectivity index (χ1v) is 5.62. The topological polar surface area (TPSA) is 56.7 Å². The quantitative estimate of drug-likeness (QED) is 0.770. The van der Waals surface area contributed by atoms with Gasteiger partial charge in [0.15, 0.2) is 5.16 Å². The highest BCUT2D eigenvalue weighted by molar-refractivity contribution is 7.99. The average Bonchev–Trinajstić information content (AvgIpc) is 2.45. The van der Waals surface area contributed by atoms with E-state index in [2.05, 4.69) is 30.9 Å². The molecule has 1 heterocycles. The van der Waals surface area contributed by atoms with Gasteiger partial charge in [0.25, 0.3) is 0 Å². The predicted octanol–water partition coefficient (Wildman–Crippen LogP) is 1.28. The van der Waals surface area contributed by atoms with Gasteiger partial charge in [0, 0.05) is 18.8 Å². The molecule has 1 atom stereocenters. The van der Waals surface area contributed by atoms with Crippen LogP contribution in [-0.2, 0) is 7.05 Å². The molecule has 1 rings (SSSR count). The highest BCUT2D eigenvalue weighted by Crippen LogP contribution is 2.23. The van der Waals surface area contributed by atoms with E-state index < -0.39 is 0 Å². The first-order chi connectivity index (χ1) is 6.41. The molecule has 0 amide bonds. The van der Waals surface area contributed by atoms with E-state index in [9.17, 15) is 0 Å². The third-order valence-electron chi connectivity index (χ3n) is 2.17. The van der Waals surface area contributed by atoms with Gasteiger partial charge in [0.05, 0.1) is 0 Å². The summed E-state index contributed by atoms with van der Waals surface area (Å²) in [6.07, 6.45) is 1.56. The van der Waals surface area contributed by atoms with Crippen molar-refractivity contribution in [2.24, 2.45) is 18.2 Å². The lowest BCUT2D eigenvalue weighted by Crippen LogP contribution is -2.37. The van der Waals surface area contributed by atoms with Crippen molar-refractivity contribution in [2.45, 2.75) is 32.0 Å². The molecule has 0 radical (unpaired) electrons. The van der Waals surface area contributed by atoms with Crippen LogP contribution in [0.3, 0.4) is 0 Å². The molecule has 0 bridgehead atoms. The fourth-order valence-corrected chi connectivity index (χ4v) is 2.01. The molecule has 4 nitrogen and oxygen atoms in total. The normalized spacial score (nSPS) is 14.4. The van der Waals surface area contributed by atoms with E-state index >= 15 is 0 Å². The fraction of sp³-hybridized carbons (Fsp3) is 0.778. The van der Waals surface area contributed by atoms with E-state index in [0.717, 1.165) is 10.9 Å². The first-order valence-electron chi connectivity index (χ1n) is 4.63. The molecule has 0 aliphatic heterocycles. The lowest BCUT2D eigenvalue weighted by molar-refractivity contribution is 0.344. The van der Waals surface area contributed by atoms with Crippen LogP contribution in [0, 0.1) is 5.41 Å². The summed E-state index contributed by atoms with van der Waals surface area (Å²) in [6, 6.07) is 0.171. The summed E-state index contributed by atoms with van der Waals surface area (Å²) in [7, 11) is 1.89. The molecule has 0 spiro atoms. The maximum Gasteiger partial charge on any atom is 0.185 e. The van der Waals surface area contributed by atoms with Crippen LogP contribution in [0.15, 0.2) is 11.5 Å². The Bertz CT molecular complexity index is 289. The van der Waals surface area contributed by atoms with Gasteiger partial charge in [0.2, 0.25) is 0 Å². The number of aromatic nitrogens is 3. The molecule has 14 heavy (non-hydrogen) atoms. The molecule has 0 aromatic carbocycles. The molecule has 0 aliphatic carbocycles. The van der Waals surface area contributed by atoms with Crippen LogP contribution < -0.4 is 5.73 Å². The van der Waals surface area contributed by atoms with Crippen LogP contribution in [0.1, 0.15) is 20.8 Å². The van der Waals surface area contributed by atoms with Gasteiger partial charge in [-0.25, -0.2) is 9.67 Å². The molecular formula is C9H18N4S. The minimum Gasteiger partial charge on any atom is -0.326 e. The maximum absolute atomic E-state index is 6.04. The van der Waals surface area contributed by atoms with E-state index in [1.54, 1.807) is 22.8 Å². The van der Waals surface area contributed by atoms with Crippen molar-refractivity contribution in [3.63, 3.8) is 0 Å². The molecular weight excluding hydrogens is 196 g/mol. The van der Waals surface area contributed by atoms with Crippen LogP contribution in [0.2, 0.25) is 0 Å². The Morgan fingerprint density at radius 1 is 1.57 bits per heavy atom. The molecule has 1 aromatic rings. The highest BCUT2D eigenvalue weighted by Gasteiger charge is 2.21.